The van der Waals surface area contributed by atoms with Crippen molar-refractivity contribution in [3.8, 4) is 0 Å². The van der Waals surface area contributed by atoms with Gasteiger partial charge in [-0.3, -0.25) is 0 Å². The van der Waals surface area contributed by atoms with E-state index in [4.69, 9.17) is 4.74 Å². The number of hydrogen-bond donors (Lipinski definition) is 0. The molecule has 2 rings (SSSR count). The van der Waals surface area contributed by atoms with Crippen LogP contribution in [0.3, 0.4) is 0 Å². The van der Waals surface area contributed by atoms with Crippen LogP contribution in [0.15, 0.2) is 29.2 Å². The second kappa shape index (κ2) is 4.16. The van der Waals surface area contributed by atoms with Crippen molar-refractivity contribution < 1.29 is 13.2 Å². The molecule has 1 aromatic rings. The molecule has 1 saturated heterocycles. The Morgan fingerprint density at radius 2 is 2.19 bits per heavy atom. The molecule has 0 amide bonds. The molecule has 5 heteroatoms. The summed E-state index contributed by atoms with van der Waals surface area (Å²) in [5.41, 5.74) is 0.939. The summed E-state index contributed by atoms with van der Waals surface area (Å²) in [5.74, 6) is 0. The van der Waals surface area contributed by atoms with Crippen molar-refractivity contribution in [3.05, 3.63) is 29.8 Å². The van der Waals surface area contributed by atoms with E-state index in [9.17, 15) is 8.42 Å². The Kier molecular flexibility index (Phi) is 3.01. The van der Waals surface area contributed by atoms with Crippen LogP contribution in [-0.2, 0) is 14.8 Å². The third-order valence-electron chi connectivity index (χ3n) is 2.67. The predicted octanol–water partition coefficient (Wildman–Crippen LogP) is 1.36. The first-order valence-electron chi connectivity index (χ1n) is 5.22. The van der Waals surface area contributed by atoms with Crippen molar-refractivity contribution in [2.24, 2.45) is 0 Å². The van der Waals surface area contributed by atoms with Crippen LogP contribution in [-0.4, -0.2) is 32.1 Å². The second-order valence-corrected chi connectivity index (χ2v) is 5.79. The molecule has 1 fully saturated rings. The van der Waals surface area contributed by atoms with Crippen LogP contribution in [0.1, 0.15) is 12.5 Å². The molecule has 0 aromatic heterocycles. The Morgan fingerprint density at radius 1 is 1.44 bits per heavy atom. The van der Waals surface area contributed by atoms with Crippen molar-refractivity contribution in [1.29, 1.82) is 0 Å². The van der Waals surface area contributed by atoms with Crippen molar-refractivity contribution in [2.45, 2.75) is 25.0 Å². The zero-order valence-corrected chi connectivity index (χ0v) is 10.2. The van der Waals surface area contributed by atoms with Gasteiger partial charge in [0.15, 0.2) is 0 Å². The van der Waals surface area contributed by atoms with E-state index in [-0.39, 0.29) is 6.23 Å². The Labute approximate surface area is 95.9 Å². The number of sulfonamides is 1. The van der Waals surface area contributed by atoms with Crippen LogP contribution >= 0.6 is 0 Å². The van der Waals surface area contributed by atoms with E-state index in [1.165, 1.54) is 4.31 Å². The molecule has 1 unspecified atom stereocenters. The lowest BCUT2D eigenvalue weighted by molar-refractivity contribution is 0.0846. The van der Waals surface area contributed by atoms with E-state index >= 15 is 0 Å². The van der Waals surface area contributed by atoms with Crippen LogP contribution in [0.25, 0.3) is 0 Å². The number of benzene rings is 1. The summed E-state index contributed by atoms with van der Waals surface area (Å²) in [6.45, 7) is 4.52. The quantitative estimate of drug-likeness (QED) is 0.785. The highest BCUT2D eigenvalue weighted by Crippen LogP contribution is 2.22. The van der Waals surface area contributed by atoms with Gasteiger partial charge in [0.25, 0.3) is 0 Å². The predicted molar refractivity (Wildman–Crippen MR) is 60.5 cm³/mol. The fourth-order valence-electron chi connectivity index (χ4n) is 1.80. The van der Waals surface area contributed by atoms with Crippen LogP contribution in [0.5, 0.6) is 0 Å². The fraction of sp³-hybridized carbons (Fsp3) is 0.455. The number of aryl methyl sites for hydroxylation is 1. The molecule has 16 heavy (non-hydrogen) atoms. The highest BCUT2D eigenvalue weighted by Gasteiger charge is 2.33. The average molecular weight is 241 g/mol. The number of ether oxygens (including phenoxy) is 1. The Balaban J connectivity index is 2.39. The standard InChI is InChI=1S/C11H15NO3S/c1-9-4-3-5-11(8-9)16(13,14)12-6-7-15-10(12)2/h3-5,8,10H,6-7H2,1-2H3. The lowest BCUT2D eigenvalue weighted by Crippen LogP contribution is -2.34. The zero-order chi connectivity index (χ0) is 11.8. The van der Waals surface area contributed by atoms with Gasteiger partial charge in [-0.2, -0.15) is 4.31 Å². The van der Waals surface area contributed by atoms with Gasteiger partial charge in [0, 0.05) is 6.54 Å². The number of nitrogens with zero attached hydrogens (tertiary/aromatic N) is 1. The molecule has 1 aromatic carbocycles. The van der Waals surface area contributed by atoms with Gasteiger partial charge in [0.2, 0.25) is 10.0 Å². The molecule has 0 N–H and O–H groups in total. The van der Waals surface area contributed by atoms with Gasteiger partial charge in [-0.25, -0.2) is 8.42 Å². The van der Waals surface area contributed by atoms with E-state index < -0.39 is 10.0 Å². The number of rotatable bonds is 2. The Bertz CT molecular complexity index is 484. The first kappa shape index (κ1) is 11.6. The third-order valence-corrected chi connectivity index (χ3v) is 4.62. The van der Waals surface area contributed by atoms with Crippen molar-refractivity contribution in [3.63, 3.8) is 0 Å². The third kappa shape index (κ3) is 1.98. The summed E-state index contributed by atoms with van der Waals surface area (Å²) in [7, 11) is -3.40. The summed E-state index contributed by atoms with van der Waals surface area (Å²) in [5, 5.41) is 0. The topological polar surface area (TPSA) is 46.6 Å². The maximum absolute atomic E-state index is 12.2. The Hall–Kier alpha value is -0.910. The summed E-state index contributed by atoms with van der Waals surface area (Å²) < 4.78 is 31.1. The Morgan fingerprint density at radius 3 is 2.75 bits per heavy atom. The molecule has 1 atom stereocenters. The van der Waals surface area contributed by atoms with Gasteiger partial charge in [0.1, 0.15) is 6.23 Å². The van der Waals surface area contributed by atoms with Crippen LogP contribution in [0, 0.1) is 6.92 Å². The molecule has 0 aliphatic carbocycles. The number of hydrogen-bond acceptors (Lipinski definition) is 3. The van der Waals surface area contributed by atoms with Crippen LogP contribution in [0.4, 0.5) is 0 Å². The molecule has 4 nitrogen and oxygen atoms in total. The minimum atomic E-state index is -3.40. The van der Waals surface area contributed by atoms with Gasteiger partial charge in [-0.1, -0.05) is 12.1 Å². The maximum atomic E-state index is 12.2. The normalized spacial score (nSPS) is 22.5. The van der Waals surface area contributed by atoms with Gasteiger partial charge in [-0.15, -0.1) is 0 Å². The first-order chi connectivity index (χ1) is 7.51. The highest BCUT2D eigenvalue weighted by atomic mass is 32.2. The lowest BCUT2D eigenvalue weighted by Gasteiger charge is -2.19. The van der Waals surface area contributed by atoms with E-state index in [1.54, 1.807) is 25.1 Å². The smallest absolute Gasteiger partial charge is 0.245 e. The summed E-state index contributed by atoms with van der Waals surface area (Å²) in [6.07, 6.45) is -0.370. The van der Waals surface area contributed by atoms with Crippen molar-refractivity contribution in [2.75, 3.05) is 13.2 Å². The molecule has 0 radical (unpaired) electrons. The minimum Gasteiger partial charge on any atom is -0.361 e. The SMILES string of the molecule is Cc1cccc(S(=O)(=O)N2CCOC2C)c1. The van der Waals surface area contributed by atoms with E-state index in [0.29, 0.717) is 18.0 Å². The summed E-state index contributed by atoms with van der Waals surface area (Å²) >= 11 is 0. The second-order valence-electron chi connectivity index (χ2n) is 3.90. The van der Waals surface area contributed by atoms with E-state index in [2.05, 4.69) is 0 Å². The molecular weight excluding hydrogens is 226 g/mol. The van der Waals surface area contributed by atoms with Crippen molar-refractivity contribution >= 4 is 10.0 Å². The first-order valence-corrected chi connectivity index (χ1v) is 6.66. The van der Waals surface area contributed by atoms with E-state index in [0.717, 1.165) is 5.56 Å². The van der Waals surface area contributed by atoms with Gasteiger partial charge in [0.05, 0.1) is 11.5 Å². The monoisotopic (exact) mass is 241 g/mol. The minimum absolute atomic E-state index is 0.338. The summed E-state index contributed by atoms with van der Waals surface area (Å²) in [4.78, 5) is 0.338. The van der Waals surface area contributed by atoms with Crippen LogP contribution < -0.4 is 0 Å². The molecular formula is C11H15NO3S. The van der Waals surface area contributed by atoms with Crippen molar-refractivity contribution in [1.82, 2.24) is 4.31 Å². The molecule has 0 bridgehead atoms. The molecule has 1 aliphatic rings. The summed E-state index contributed by atoms with van der Waals surface area (Å²) in [6, 6.07) is 6.93. The molecule has 1 aliphatic heterocycles. The highest BCUT2D eigenvalue weighted by molar-refractivity contribution is 7.89. The van der Waals surface area contributed by atoms with Gasteiger partial charge < -0.3 is 4.74 Å². The molecule has 88 valence electrons. The van der Waals surface area contributed by atoms with Crippen LogP contribution in [0.2, 0.25) is 0 Å². The average Bonchev–Trinajstić information content (AvgIpc) is 2.65. The fourth-order valence-corrected chi connectivity index (χ4v) is 3.43. The largest absolute Gasteiger partial charge is 0.361 e. The maximum Gasteiger partial charge on any atom is 0.245 e. The van der Waals surface area contributed by atoms with Gasteiger partial charge in [-0.05, 0) is 31.5 Å². The molecule has 0 saturated carbocycles. The van der Waals surface area contributed by atoms with E-state index in [1.807, 2.05) is 13.0 Å². The zero-order valence-electron chi connectivity index (χ0n) is 9.38. The molecule has 1 heterocycles. The lowest BCUT2D eigenvalue weighted by atomic mass is 10.2. The molecule has 0 spiro atoms. The van der Waals surface area contributed by atoms with Gasteiger partial charge >= 0.3 is 0 Å².